The molecule has 1 atom stereocenters. The van der Waals surface area contributed by atoms with Crippen LogP contribution < -0.4 is 0 Å². The van der Waals surface area contributed by atoms with Gasteiger partial charge in [0.15, 0.2) is 0 Å². The fraction of sp³-hybridized carbons (Fsp3) is 1.00. The van der Waals surface area contributed by atoms with E-state index in [0.29, 0.717) is 0 Å². The summed E-state index contributed by atoms with van der Waals surface area (Å²) in [4.78, 5) is 2.31. The van der Waals surface area contributed by atoms with Gasteiger partial charge < -0.3 is 10.0 Å². The zero-order chi connectivity index (χ0) is 14.1. The molecule has 2 heteroatoms. The molecule has 0 saturated heterocycles. The molecule has 0 aliphatic heterocycles. The highest BCUT2D eigenvalue weighted by Gasteiger charge is 2.39. The summed E-state index contributed by atoms with van der Waals surface area (Å²) in [5.41, 5.74) is 0.0568. The van der Waals surface area contributed by atoms with Gasteiger partial charge in [-0.15, -0.1) is 0 Å². The zero-order valence-corrected chi connectivity index (χ0v) is 13.5. The van der Waals surface area contributed by atoms with Gasteiger partial charge in [-0.05, 0) is 33.4 Å². The van der Waals surface area contributed by atoms with Crippen molar-refractivity contribution in [2.24, 2.45) is 0 Å². The van der Waals surface area contributed by atoms with Crippen LogP contribution in [-0.4, -0.2) is 35.7 Å². The average molecular weight is 269 g/mol. The number of nitrogens with zero attached hydrogens (tertiary/aromatic N) is 1. The monoisotopic (exact) mass is 269 g/mol. The zero-order valence-electron chi connectivity index (χ0n) is 13.5. The lowest BCUT2D eigenvalue weighted by Crippen LogP contribution is -2.53. The van der Waals surface area contributed by atoms with Crippen LogP contribution in [0.5, 0.6) is 0 Å². The summed E-state index contributed by atoms with van der Waals surface area (Å²) in [6.45, 7) is 2.25. The van der Waals surface area contributed by atoms with E-state index in [4.69, 9.17) is 0 Å². The maximum Gasteiger partial charge on any atom is 0.0723 e. The molecule has 0 aromatic carbocycles. The summed E-state index contributed by atoms with van der Waals surface area (Å²) in [5, 5.41) is 10.7. The predicted molar refractivity (Wildman–Crippen MR) is 83.5 cm³/mol. The molecule has 0 bridgehead atoms. The lowest BCUT2D eigenvalue weighted by molar-refractivity contribution is -0.0235. The molecule has 1 unspecified atom stereocenters. The molecular weight excluding hydrogens is 234 g/mol. The third-order valence-corrected chi connectivity index (χ3v) is 5.06. The molecule has 1 aliphatic rings. The van der Waals surface area contributed by atoms with Crippen LogP contribution in [-0.2, 0) is 0 Å². The summed E-state index contributed by atoms with van der Waals surface area (Å²) in [6, 6.07) is 0. The van der Waals surface area contributed by atoms with Crippen LogP contribution in [0.2, 0.25) is 0 Å². The summed E-state index contributed by atoms with van der Waals surface area (Å²) < 4.78 is 0. The van der Waals surface area contributed by atoms with E-state index in [0.717, 1.165) is 6.42 Å². The van der Waals surface area contributed by atoms with Crippen molar-refractivity contribution >= 4 is 0 Å². The normalized spacial score (nSPS) is 21.3. The summed E-state index contributed by atoms with van der Waals surface area (Å²) in [7, 11) is 4.32. The third-order valence-electron chi connectivity index (χ3n) is 5.06. The van der Waals surface area contributed by atoms with Crippen molar-refractivity contribution in [3.05, 3.63) is 0 Å². The number of hydrogen-bond donors (Lipinski definition) is 1. The summed E-state index contributed by atoms with van der Waals surface area (Å²) in [6.07, 6.45) is 14.9. The van der Waals surface area contributed by atoms with Crippen LogP contribution in [0.4, 0.5) is 0 Å². The fourth-order valence-electron chi connectivity index (χ4n) is 3.63. The first-order valence-corrected chi connectivity index (χ1v) is 8.49. The van der Waals surface area contributed by atoms with E-state index >= 15 is 0 Å². The van der Waals surface area contributed by atoms with E-state index in [1.807, 2.05) is 0 Å². The molecule has 1 saturated carbocycles. The van der Waals surface area contributed by atoms with Crippen LogP contribution in [0.1, 0.15) is 84.0 Å². The maximum atomic E-state index is 10.7. The molecule has 19 heavy (non-hydrogen) atoms. The minimum absolute atomic E-state index is 0.0568. The van der Waals surface area contributed by atoms with Crippen molar-refractivity contribution in [2.75, 3.05) is 14.1 Å². The quantitative estimate of drug-likeness (QED) is 0.523. The van der Waals surface area contributed by atoms with E-state index < -0.39 is 0 Å². The van der Waals surface area contributed by atoms with E-state index in [1.165, 1.54) is 70.6 Å². The van der Waals surface area contributed by atoms with Crippen molar-refractivity contribution in [1.29, 1.82) is 0 Å². The van der Waals surface area contributed by atoms with Crippen molar-refractivity contribution in [3.63, 3.8) is 0 Å². The van der Waals surface area contributed by atoms with Gasteiger partial charge in [0.05, 0.1) is 6.10 Å². The van der Waals surface area contributed by atoms with E-state index in [2.05, 4.69) is 25.9 Å². The Morgan fingerprint density at radius 2 is 1.53 bits per heavy atom. The van der Waals surface area contributed by atoms with Gasteiger partial charge in [-0.2, -0.15) is 0 Å². The number of rotatable bonds is 8. The standard InChI is InChI=1S/C17H35NO/c1-4-5-6-7-10-13-16(19)17(18(2)3)14-11-8-9-12-15-17/h16,19H,4-15H2,1-3H3. The van der Waals surface area contributed by atoms with Gasteiger partial charge in [0, 0.05) is 5.54 Å². The first-order chi connectivity index (χ1) is 9.13. The first kappa shape index (κ1) is 17.0. The Kier molecular flexibility index (Phi) is 8.01. The van der Waals surface area contributed by atoms with Gasteiger partial charge >= 0.3 is 0 Å². The average Bonchev–Trinajstić information content (AvgIpc) is 2.64. The third kappa shape index (κ3) is 5.07. The van der Waals surface area contributed by atoms with E-state index in [1.54, 1.807) is 0 Å². The lowest BCUT2D eigenvalue weighted by atomic mass is 9.81. The number of hydrogen-bond acceptors (Lipinski definition) is 2. The Bertz CT molecular complexity index is 219. The van der Waals surface area contributed by atoms with Crippen LogP contribution in [0.15, 0.2) is 0 Å². The topological polar surface area (TPSA) is 23.5 Å². The molecule has 0 heterocycles. The predicted octanol–water partition coefficient (Wildman–Crippen LogP) is 4.36. The minimum Gasteiger partial charge on any atom is -0.391 e. The SMILES string of the molecule is CCCCCCCC(O)C1(N(C)C)CCCCCC1. The van der Waals surface area contributed by atoms with Gasteiger partial charge in [-0.1, -0.05) is 64.7 Å². The second kappa shape index (κ2) is 8.97. The van der Waals surface area contributed by atoms with Gasteiger partial charge in [0.25, 0.3) is 0 Å². The molecule has 1 fully saturated rings. The molecule has 0 aromatic heterocycles. The highest BCUT2D eigenvalue weighted by atomic mass is 16.3. The van der Waals surface area contributed by atoms with Crippen LogP contribution in [0, 0.1) is 0 Å². The Hall–Kier alpha value is -0.0800. The van der Waals surface area contributed by atoms with Crippen molar-refractivity contribution in [2.45, 2.75) is 95.6 Å². The second-order valence-electron chi connectivity index (χ2n) is 6.63. The van der Waals surface area contributed by atoms with Crippen molar-refractivity contribution < 1.29 is 5.11 Å². The molecule has 1 rings (SSSR count). The Morgan fingerprint density at radius 3 is 2.05 bits per heavy atom. The number of unbranched alkanes of at least 4 members (excludes halogenated alkanes) is 4. The Labute approximate surface area is 120 Å². The molecule has 0 amide bonds. The molecule has 1 aliphatic carbocycles. The highest BCUT2D eigenvalue weighted by molar-refractivity contribution is 4.95. The minimum atomic E-state index is -0.137. The molecule has 0 aromatic rings. The van der Waals surface area contributed by atoms with Crippen molar-refractivity contribution in [3.8, 4) is 0 Å². The van der Waals surface area contributed by atoms with Gasteiger partial charge in [0.2, 0.25) is 0 Å². The van der Waals surface area contributed by atoms with Crippen LogP contribution in [0.3, 0.4) is 0 Å². The van der Waals surface area contributed by atoms with E-state index in [-0.39, 0.29) is 11.6 Å². The van der Waals surface area contributed by atoms with Gasteiger partial charge in [0.1, 0.15) is 0 Å². The smallest absolute Gasteiger partial charge is 0.0723 e. The number of aliphatic hydroxyl groups is 1. The van der Waals surface area contributed by atoms with Gasteiger partial charge in [-0.25, -0.2) is 0 Å². The molecule has 0 radical (unpaired) electrons. The molecule has 2 nitrogen and oxygen atoms in total. The first-order valence-electron chi connectivity index (χ1n) is 8.49. The van der Waals surface area contributed by atoms with Gasteiger partial charge in [-0.3, -0.25) is 0 Å². The number of likely N-dealkylation sites (N-methyl/N-ethyl adjacent to an activating group) is 1. The number of aliphatic hydroxyl groups excluding tert-OH is 1. The largest absolute Gasteiger partial charge is 0.391 e. The molecule has 0 spiro atoms. The second-order valence-corrected chi connectivity index (χ2v) is 6.63. The van der Waals surface area contributed by atoms with Crippen LogP contribution >= 0.6 is 0 Å². The van der Waals surface area contributed by atoms with Crippen molar-refractivity contribution in [1.82, 2.24) is 4.90 Å². The highest BCUT2D eigenvalue weighted by Crippen LogP contribution is 2.35. The summed E-state index contributed by atoms with van der Waals surface area (Å²) >= 11 is 0. The van der Waals surface area contributed by atoms with E-state index in [9.17, 15) is 5.11 Å². The fourth-order valence-corrected chi connectivity index (χ4v) is 3.63. The molecule has 114 valence electrons. The Morgan fingerprint density at radius 1 is 0.947 bits per heavy atom. The maximum absolute atomic E-state index is 10.7. The lowest BCUT2D eigenvalue weighted by Gasteiger charge is -2.43. The molecule has 1 N–H and O–H groups in total. The Balaban J connectivity index is 2.45. The van der Waals surface area contributed by atoms with Crippen LogP contribution in [0.25, 0.3) is 0 Å². The molecular formula is C17H35NO. The summed E-state index contributed by atoms with van der Waals surface area (Å²) in [5.74, 6) is 0.